The third-order valence-electron chi connectivity index (χ3n) is 9.12. The maximum absolute atomic E-state index is 10.8. The van der Waals surface area contributed by atoms with Crippen LogP contribution in [0.25, 0.3) is 5.57 Å². The first-order valence-corrected chi connectivity index (χ1v) is 15.2. The van der Waals surface area contributed by atoms with Gasteiger partial charge in [-0.1, -0.05) is 60.7 Å². The van der Waals surface area contributed by atoms with E-state index in [1.54, 1.807) is 12.1 Å². The van der Waals surface area contributed by atoms with Crippen LogP contribution < -0.4 is 9.47 Å². The first kappa shape index (κ1) is 27.5. The Morgan fingerprint density at radius 3 is 1.84 bits per heavy atom. The monoisotopic (exact) mass is 574 g/mol. The summed E-state index contributed by atoms with van der Waals surface area (Å²) in [6, 6.07) is 28.0. The van der Waals surface area contributed by atoms with Crippen molar-refractivity contribution in [3.05, 3.63) is 124 Å². The van der Waals surface area contributed by atoms with Gasteiger partial charge in [0.25, 0.3) is 0 Å². The molecule has 2 unspecified atom stereocenters. The lowest BCUT2D eigenvalue weighted by atomic mass is 9.71. The molecule has 0 spiro atoms. The average molecular weight is 575 g/mol. The van der Waals surface area contributed by atoms with Gasteiger partial charge in [0.05, 0.1) is 5.92 Å². The second-order valence-electron chi connectivity index (χ2n) is 13.0. The molecular formula is C38H38O5. The lowest BCUT2D eigenvalue weighted by Gasteiger charge is -2.43. The molecule has 0 saturated heterocycles. The Hall–Kier alpha value is -4.38. The van der Waals surface area contributed by atoms with Crippen LogP contribution in [0.3, 0.4) is 0 Å². The second-order valence-corrected chi connectivity index (χ2v) is 13.0. The van der Waals surface area contributed by atoms with Crippen LogP contribution in [0.15, 0.2) is 90.7 Å². The second kappa shape index (κ2) is 10.1. The number of benzene rings is 4. The Morgan fingerprint density at radius 2 is 1.21 bits per heavy atom. The number of rotatable bonds is 6. The quantitative estimate of drug-likeness (QED) is 0.244. The van der Waals surface area contributed by atoms with Crippen molar-refractivity contribution >= 4 is 5.57 Å². The van der Waals surface area contributed by atoms with Crippen LogP contribution in [0.2, 0.25) is 0 Å². The van der Waals surface area contributed by atoms with Crippen molar-refractivity contribution in [2.45, 2.75) is 70.7 Å². The first-order chi connectivity index (χ1) is 20.6. The van der Waals surface area contributed by atoms with Crippen molar-refractivity contribution < 1.29 is 24.4 Å². The molecule has 0 saturated carbocycles. The van der Waals surface area contributed by atoms with Gasteiger partial charge in [-0.25, -0.2) is 0 Å². The molecule has 0 aliphatic carbocycles. The zero-order chi connectivity index (χ0) is 29.9. The summed E-state index contributed by atoms with van der Waals surface area (Å²) >= 11 is 0. The van der Waals surface area contributed by atoms with Gasteiger partial charge in [-0.2, -0.15) is 0 Å². The summed E-state index contributed by atoms with van der Waals surface area (Å²) in [5.41, 5.74) is 6.24. The van der Waals surface area contributed by atoms with E-state index in [-0.39, 0.29) is 23.5 Å². The van der Waals surface area contributed by atoms with Gasteiger partial charge in [-0.3, -0.25) is 0 Å². The summed E-state index contributed by atoms with van der Waals surface area (Å²) in [5.74, 6) is 2.42. The third-order valence-corrected chi connectivity index (χ3v) is 9.12. The first-order valence-electron chi connectivity index (χ1n) is 15.2. The van der Waals surface area contributed by atoms with E-state index in [2.05, 4.69) is 62.4 Å². The number of ether oxygens (including phenoxy) is 3. The molecule has 4 aromatic carbocycles. The summed E-state index contributed by atoms with van der Waals surface area (Å²) in [4.78, 5) is 0. The molecule has 220 valence electrons. The summed E-state index contributed by atoms with van der Waals surface area (Å²) in [7, 11) is 0. The van der Waals surface area contributed by atoms with Gasteiger partial charge in [-0.15, -0.1) is 0 Å². The lowest BCUT2D eigenvalue weighted by molar-refractivity contribution is -0.0377. The molecule has 5 nitrogen and oxygen atoms in total. The molecule has 0 radical (unpaired) electrons. The summed E-state index contributed by atoms with van der Waals surface area (Å²) in [6.45, 7) is 8.26. The molecule has 5 heteroatoms. The highest BCUT2D eigenvalue weighted by molar-refractivity contribution is 5.83. The minimum atomic E-state index is -0.748. The Bertz CT molecular complexity index is 1720. The van der Waals surface area contributed by atoms with Crippen molar-refractivity contribution in [2.24, 2.45) is 5.92 Å². The maximum Gasteiger partial charge on any atom is 0.160 e. The van der Waals surface area contributed by atoms with Crippen molar-refractivity contribution in [2.75, 3.05) is 0 Å². The molecule has 3 aliphatic heterocycles. The minimum Gasteiger partial charge on any atom is -0.508 e. The zero-order valence-electron chi connectivity index (χ0n) is 25.2. The Kier molecular flexibility index (Phi) is 6.46. The number of hydrogen-bond acceptors (Lipinski definition) is 5. The standard InChI is InChI=1S/C38H38O5/c1-37(2)34-33-31-25(17-15-23-11-7-5-8-12-23)19-27(39)21-29(31)43-38(3,4)36(33)41-35(34)32-26(20-28(40)22-30(32)42-37)18-16-24-13-9-6-10-14-24/h5-14,19-22,34-35,39-40H,15-18H2,1-4H3. The molecule has 2 N–H and O–H groups in total. The lowest BCUT2D eigenvalue weighted by Crippen LogP contribution is -2.44. The number of aromatic hydroxyl groups is 2. The van der Waals surface area contributed by atoms with Crippen LogP contribution >= 0.6 is 0 Å². The van der Waals surface area contributed by atoms with Gasteiger partial charge < -0.3 is 24.4 Å². The number of phenolic OH excluding ortho intramolecular Hbond substituents is 2. The molecule has 3 aliphatic rings. The van der Waals surface area contributed by atoms with Gasteiger partial charge in [0.1, 0.15) is 40.5 Å². The van der Waals surface area contributed by atoms with Crippen molar-refractivity contribution in [3.8, 4) is 23.0 Å². The van der Waals surface area contributed by atoms with Gasteiger partial charge >= 0.3 is 0 Å². The highest BCUT2D eigenvalue weighted by atomic mass is 16.6. The number of aryl methyl sites for hydroxylation is 4. The van der Waals surface area contributed by atoms with E-state index in [1.165, 1.54) is 11.1 Å². The SMILES string of the molecule is CC1(C)Oc2cc(O)cc(CCc3ccccc3)c2C2=C1OC1c3c(CCc4ccccc4)cc(O)cc3OC(C)(C)C21. The van der Waals surface area contributed by atoms with Crippen LogP contribution in [0.1, 0.15) is 67.2 Å². The molecule has 43 heavy (non-hydrogen) atoms. The number of fused-ring (bicyclic) bond motifs is 6. The Labute approximate surface area is 253 Å². The Balaban J connectivity index is 1.34. The molecule has 0 fully saturated rings. The van der Waals surface area contributed by atoms with E-state index < -0.39 is 11.2 Å². The predicted octanol–water partition coefficient (Wildman–Crippen LogP) is 8.11. The molecule has 3 heterocycles. The van der Waals surface area contributed by atoms with E-state index >= 15 is 0 Å². The van der Waals surface area contributed by atoms with E-state index in [9.17, 15) is 10.2 Å². The number of phenols is 2. The van der Waals surface area contributed by atoms with Crippen LogP contribution in [-0.2, 0) is 30.4 Å². The Morgan fingerprint density at radius 1 is 0.651 bits per heavy atom. The van der Waals surface area contributed by atoms with E-state index in [1.807, 2.05) is 38.1 Å². The van der Waals surface area contributed by atoms with Crippen molar-refractivity contribution in [1.29, 1.82) is 0 Å². The highest BCUT2D eigenvalue weighted by Crippen LogP contribution is 2.62. The predicted molar refractivity (Wildman–Crippen MR) is 168 cm³/mol. The molecule has 0 aromatic heterocycles. The number of hydrogen-bond donors (Lipinski definition) is 2. The van der Waals surface area contributed by atoms with Crippen LogP contribution in [0.4, 0.5) is 0 Å². The molecule has 7 rings (SSSR count). The van der Waals surface area contributed by atoms with E-state index in [0.29, 0.717) is 11.5 Å². The minimum absolute atomic E-state index is 0.128. The van der Waals surface area contributed by atoms with Gasteiger partial charge in [0.15, 0.2) is 5.60 Å². The topological polar surface area (TPSA) is 68.2 Å². The fraction of sp³-hybridized carbons (Fsp3) is 0.316. The molecular weight excluding hydrogens is 536 g/mol. The van der Waals surface area contributed by atoms with Gasteiger partial charge in [0, 0.05) is 28.8 Å². The molecule has 2 atom stereocenters. The highest BCUT2D eigenvalue weighted by Gasteiger charge is 2.58. The van der Waals surface area contributed by atoms with Crippen LogP contribution in [0.5, 0.6) is 23.0 Å². The van der Waals surface area contributed by atoms with E-state index in [4.69, 9.17) is 14.2 Å². The zero-order valence-corrected chi connectivity index (χ0v) is 25.2. The third kappa shape index (κ3) is 4.81. The van der Waals surface area contributed by atoms with E-state index in [0.717, 1.165) is 59.3 Å². The summed E-state index contributed by atoms with van der Waals surface area (Å²) in [5, 5.41) is 21.5. The maximum atomic E-state index is 10.8. The molecule has 0 amide bonds. The normalized spacial score (nSPS) is 20.6. The van der Waals surface area contributed by atoms with Gasteiger partial charge in [0.2, 0.25) is 0 Å². The van der Waals surface area contributed by atoms with Crippen molar-refractivity contribution in [1.82, 2.24) is 0 Å². The van der Waals surface area contributed by atoms with Crippen molar-refractivity contribution in [3.63, 3.8) is 0 Å². The summed E-state index contributed by atoms with van der Waals surface area (Å²) < 4.78 is 20.4. The van der Waals surface area contributed by atoms with Gasteiger partial charge in [-0.05, 0) is 87.8 Å². The molecule has 4 aromatic rings. The fourth-order valence-corrected chi connectivity index (χ4v) is 7.26. The average Bonchev–Trinajstić information content (AvgIpc) is 3.38. The summed E-state index contributed by atoms with van der Waals surface area (Å²) in [6.07, 6.45) is 2.86. The van der Waals surface area contributed by atoms with Crippen LogP contribution in [0, 0.1) is 5.92 Å². The smallest absolute Gasteiger partial charge is 0.160 e. The van der Waals surface area contributed by atoms with Crippen LogP contribution in [-0.4, -0.2) is 21.4 Å². The largest absolute Gasteiger partial charge is 0.508 e. The fourth-order valence-electron chi connectivity index (χ4n) is 7.26. The molecule has 0 bridgehead atoms.